The lowest BCUT2D eigenvalue weighted by Gasteiger charge is -2.40. The van der Waals surface area contributed by atoms with E-state index in [4.69, 9.17) is 9.47 Å². The molecule has 3 aliphatic heterocycles. The summed E-state index contributed by atoms with van der Waals surface area (Å²) in [5, 5.41) is 12.6. The number of benzene rings is 2. The van der Waals surface area contributed by atoms with E-state index >= 15 is 0 Å². The molecular formula is C33H42N2O6. The Labute approximate surface area is 242 Å². The zero-order valence-corrected chi connectivity index (χ0v) is 24.5. The zero-order valence-electron chi connectivity index (χ0n) is 24.5. The molecule has 2 aromatic rings. The van der Waals surface area contributed by atoms with Crippen LogP contribution in [-0.2, 0) is 23.9 Å². The second-order valence-electron chi connectivity index (χ2n) is 12.1. The van der Waals surface area contributed by atoms with Gasteiger partial charge in [0.15, 0.2) is 0 Å². The number of hydrogen-bond acceptors (Lipinski definition) is 6. The third kappa shape index (κ3) is 4.56. The second-order valence-corrected chi connectivity index (χ2v) is 12.1. The Morgan fingerprint density at radius 2 is 1.93 bits per heavy atom. The fraction of sp³-hybridized carbons (Fsp3) is 0.545. The quantitative estimate of drug-likeness (QED) is 0.320. The highest BCUT2D eigenvalue weighted by atomic mass is 16.6. The largest absolute Gasteiger partial charge is 0.466 e. The minimum atomic E-state index is -1.19. The molecule has 3 saturated heterocycles. The van der Waals surface area contributed by atoms with Crippen LogP contribution in [0.25, 0.3) is 10.8 Å². The maximum absolute atomic E-state index is 14.9. The highest BCUT2D eigenvalue weighted by molar-refractivity contribution is 6.05. The van der Waals surface area contributed by atoms with Gasteiger partial charge in [-0.1, -0.05) is 57.2 Å². The summed E-state index contributed by atoms with van der Waals surface area (Å²) in [5.74, 6) is -2.56. The van der Waals surface area contributed by atoms with Crippen molar-refractivity contribution in [3.63, 3.8) is 0 Å². The first-order chi connectivity index (χ1) is 19.7. The maximum Gasteiger partial charge on any atom is 0.312 e. The first-order valence-electron chi connectivity index (χ1n) is 14.9. The number of hydrogen-bond donors (Lipinski definition) is 1. The topological polar surface area (TPSA) is 96.4 Å². The minimum absolute atomic E-state index is 0.165. The van der Waals surface area contributed by atoms with Crippen molar-refractivity contribution in [2.75, 3.05) is 24.7 Å². The second kappa shape index (κ2) is 11.2. The minimum Gasteiger partial charge on any atom is -0.466 e. The number of nitrogens with zero attached hydrogens (tertiary/aromatic N) is 2. The van der Waals surface area contributed by atoms with Gasteiger partial charge in [0.25, 0.3) is 5.91 Å². The van der Waals surface area contributed by atoms with E-state index in [1.807, 2.05) is 63.2 Å². The Hall–Kier alpha value is -3.23. The van der Waals surface area contributed by atoms with Crippen LogP contribution in [0.2, 0.25) is 0 Å². The van der Waals surface area contributed by atoms with Crippen molar-refractivity contribution in [3.05, 3.63) is 55.1 Å². The Morgan fingerprint density at radius 1 is 1.20 bits per heavy atom. The molecule has 0 aromatic heterocycles. The van der Waals surface area contributed by atoms with Gasteiger partial charge in [0.05, 0.1) is 30.8 Å². The number of esters is 1. The molecule has 3 heterocycles. The average molecular weight is 563 g/mol. The van der Waals surface area contributed by atoms with E-state index in [0.717, 1.165) is 10.8 Å². The molecule has 0 aliphatic carbocycles. The van der Waals surface area contributed by atoms with Crippen molar-refractivity contribution in [2.24, 2.45) is 17.8 Å². The van der Waals surface area contributed by atoms with Crippen molar-refractivity contribution in [3.8, 4) is 0 Å². The van der Waals surface area contributed by atoms with Crippen LogP contribution in [0, 0.1) is 17.8 Å². The fourth-order valence-corrected chi connectivity index (χ4v) is 7.68. The van der Waals surface area contributed by atoms with Gasteiger partial charge in [-0.3, -0.25) is 14.4 Å². The monoisotopic (exact) mass is 562 g/mol. The molecule has 2 bridgehead atoms. The zero-order chi connectivity index (χ0) is 29.5. The number of aliphatic hydroxyl groups is 1. The van der Waals surface area contributed by atoms with E-state index in [9.17, 15) is 19.5 Å². The summed E-state index contributed by atoms with van der Waals surface area (Å²) in [6.45, 7) is 11.8. The van der Waals surface area contributed by atoms with Gasteiger partial charge in [0, 0.05) is 12.2 Å². The Kier molecular flexibility index (Phi) is 8.01. The Bertz CT molecular complexity index is 1340. The molecule has 2 amide bonds. The lowest BCUT2D eigenvalue weighted by atomic mass is 9.65. The summed E-state index contributed by atoms with van der Waals surface area (Å²) in [4.78, 5) is 46.0. The third-order valence-electron chi connectivity index (χ3n) is 9.36. The molecule has 3 fully saturated rings. The van der Waals surface area contributed by atoms with Gasteiger partial charge < -0.3 is 24.4 Å². The molecule has 0 radical (unpaired) electrons. The number of likely N-dealkylation sites (tertiary alicyclic amines) is 1. The molecule has 2 aromatic carbocycles. The van der Waals surface area contributed by atoms with Crippen LogP contribution in [0.3, 0.4) is 0 Å². The lowest BCUT2D eigenvalue weighted by molar-refractivity contribution is -0.161. The van der Waals surface area contributed by atoms with Crippen molar-refractivity contribution in [2.45, 2.75) is 76.7 Å². The van der Waals surface area contributed by atoms with E-state index in [-0.39, 0.29) is 37.5 Å². The molecule has 2 unspecified atom stereocenters. The third-order valence-corrected chi connectivity index (χ3v) is 9.36. The standard InChI is InChI=1S/C33H42N2O6/c1-6-17-34(24-14-13-22-11-9-10-12-23(22)19-24)30(38)28-33-16-15-32(7-2,41-33)27(31(39)40-8-3)26(33)29(37)35(28)25(20-36)18-21(4)5/h6,9-14,19,21,25-28,36H,1,7-8,15-18,20H2,2-5H3/t25-,26+,27+,28?,32-,33?/m1/s1. The average Bonchev–Trinajstić information content (AvgIpc) is 3.57. The molecule has 6 atom stereocenters. The van der Waals surface area contributed by atoms with Crippen LogP contribution < -0.4 is 4.90 Å². The van der Waals surface area contributed by atoms with Crippen LogP contribution >= 0.6 is 0 Å². The number of amides is 2. The van der Waals surface area contributed by atoms with Crippen LogP contribution in [0.1, 0.15) is 53.4 Å². The molecule has 3 aliphatic rings. The van der Waals surface area contributed by atoms with Crippen LogP contribution in [0.4, 0.5) is 5.69 Å². The van der Waals surface area contributed by atoms with Crippen molar-refractivity contribution >= 4 is 34.2 Å². The molecular weight excluding hydrogens is 520 g/mol. The van der Waals surface area contributed by atoms with Gasteiger partial charge >= 0.3 is 5.97 Å². The normalized spacial score (nSPS) is 29.2. The fourth-order valence-electron chi connectivity index (χ4n) is 7.68. The Balaban J connectivity index is 1.65. The van der Waals surface area contributed by atoms with Crippen molar-refractivity contribution in [1.82, 2.24) is 4.90 Å². The van der Waals surface area contributed by atoms with Crippen LogP contribution in [0.5, 0.6) is 0 Å². The van der Waals surface area contributed by atoms with E-state index in [1.165, 1.54) is 0 Å². The summed E-state index contributed by atoms with van der Waals surface area (Å²) >= 11 is 0. The number of aliphatic hydroxyl groups excluding tert-OH is 1. The molecule has 220 valence electrons. The summed E-state index contributed by atoms with van der Waals surface area (Å²) < 4.78 is 12.3. The summed E-state index contributed by atoms with van der Waals surface area (Å²) in [5.41, 5.74) is -1.37. The lowest BCUT2D eigenvalue weighted by Crippen LogP contribution is -2.59. The highest BCUT2D eigenvalue weighted by Gasteiger charge is 2.79. The molecule has 1 spiro atoms. The molecule has 5 rings (SSSR count). The van der Waals surface area contributed by atoms with Gasteiger partial charge in [-0.2, -0.15) is 0 Å². The first-order valence-corrected chi connectivity index (χ1v) is 14.9. The number of ether oxygens (including phenoxy) is 2. The van der Waals surface area contributed by atoms with Gasteiger partial charge in [0.2, 0.25) is 5.91 Å². The van der Waals surface area contributed by atoms with Gasteiger partial charge in [0.1, 0.15) is 17.6 Å². The van der Waals surface area contributed by atoms with Gasteiger partial charge in [-0.15, -0.1) is 6.58 Å². The van der Waals surface area contributed by atoms with Crippen LogP contribution in [0.15, 0.2) is 55.1 Å². The number of rotatable bonds is 11. The highest BCUT2D eigenvalue weighted by Crippen LogP contribution is 2.65. The van der Waals surface area contributed by atoms with E-state index in [0.29, 0.717) is 31.4 Å². The van der Waals surface area contributed by atoms with Crippen molar-refractivity contribution < 1.29 is 29.0 Å². The summed E-state index contributed by atoms with van der Waals surface area (Å²) in [7, 11) is 0. The smallest absolute Gasteiger partial charge is 0.312 e. The molecule has 41 heavy (non-hydrogen) atoms. The molecule has 8 nitrogen and oxygen atoms in total. The van der Waals surface area contributed by atoms with E-state index in [2.05, 4.69) is 6.58 Å². The number of fused-ring (bicyclic) bond motifs is 2. The van der Waals surface area contributed by atoms with E-state index in [1.54, 1.807) is 22.8 Å². The SMILES string of the molecule is C=CCN(C(=O)C1N([C@@H](CO)CC(C)C)C(=O)[C@@H]2[C@@H](C(=O)OCC)[C@@]3(CC)CCC12O3)c1ccc2ccccc2c1. The molecule has 0 saturated carbocycles. The predicted octanol–water partition coefficient (Wildman–Crippen LogP) is 4.48. The molecule has 8 heteroatoms. The van der Waals surface area contributed by atoms with Crippen molar-refractivity contribution in [1.29, 1.82) is 0 Å². The first kappa shape index (κ1) is 29.3. The predicted molar refractivity (Wildman–Crippen MR) is 157 cm³/mol. The van der Waals surface area contributed by atoms with Crippen LogP contribution in [-0.4, -0.2) is 70.8 Å². The van der Waals surface area contributed by atoms with Gasteiger partial charge in [-0.05, 0) is 61.4 Å². The number of carbonyl (C=O) groups is 3. The van der Waals surface area contributed by atoms with Gasteiger partial charge in [-0.25, -0.2) is 0 Å². The Morgan fingerprint density at radius 3 is 2.56 bits per heavy atom. The number of anilines is 1. The maximum atomic E-state index is 14.9. The van der Waals surface area contributed by atoms with E-state index < -0.39 is 41.1 Å². The summed E-state index contributed by atoms with van der Waals surface area (Å²) in [6, 6.07) is 12.2. The molecule has 1 N–H and O–H groups in total. The summed E-state index contributed by atoms with van der Waals surface area (Å²) in [6.07, 6.45) is 3.73. The number of carbonyl (C=O) groups excluding carboxylic acids is 3.